The van der Waals surface area contributed by atoms with Crippen molar-refractivity contribution in [1.29, 1.82) is 0 Å². The molecule has 4 heteroatoms. The van der Waals surface area contributed by atoms with Crippen molar-refractivity contribution in [2.45, 2.75) is 31.6 Å². The maximum absolute atomic E-state index is 5.82. The van der Waals surface area contributed by atoms with Gasteiger partial charge in [-0.3, -0.25) is 4.90 Å². The molecule has 0 spiro atoms. The largest absolute Gasteiger partial charge is 0.398 e. The molecule has 18 heavy (non-hydrogen) atoms. The van der Waals surface area contributed by atoms with Crippen LogP contribution >= 0.6 is 27.7 Å². The molecule has 1 aliphatic heterocycles. The van der Waals surface area contributed by atoms with Crippen LogP contribution in [0.4, 0.5) is 5.69 Å². The lowest BCUT2D eigenvalue weighted by Crippen LogP contribution is -2.26. The number of halogens is 1. The minimum Gasteiger partial charge on any atom is -0.398 e. The maximum atomic E-state index is 5.82. The van der Waals surface area contributed by atoms with E-state index in [1.807, 2.05) is 6.07 Å². The third-order valence-corrected chi connectivity index (χ3v) is 5.46. The van der Waals surface area contributed by atoms with E-state index in [0.29, 0.717) is 4.75 Å². The monoisotopic (exact) mass is 328 g/mol. The zero-order chi connectivity index (χ0) is 13.2. The lowest BCUT2D eigenvalue weighted by Gasteiger charge is -2.22. The van der Waals surface area contributed by atoms with Crippen LogP contribution in [0.3, 0.4) is 0 Å². The SMILES string of the molecule is CC1(C)CCN(Cc2ccc(N)c(Br)c2)CCS1. The Bertz CT molecular complexity index is 420. The van der Waals surface area contributed by atoms with Gasteiger partial charge in [0.1, 0.15) is 0 Å². The standard InChI is InChI=1S/C14H21BrN2S/c1-14(2)5-6-17(7-8-18-14)10-11-3-4-13(16)12(15)9-11/h3-4,9H,5-8,10,16H2,1-2H3. The van der Waals surface area contributed by atoms with Crippen LogP contribution in [0.1, 0.15) is 25.8 Å². The molecule has 0 aromatic heterocycles. The number of hydrogen-bond acceptors (Lipinski definition) is 3. The predicted molar refractivity (Wildman–Crippen MR) is 85.0 cm³/mol. The summed E-state index contributed by atoms with van der Waals surface area (Å²) in [6.07, 6.45) is 1.26. The first-order chi connectivity index (χ1) is 8.46. The molecule has 2 rings (SSSR count). The number of thioether (sulfide) groups is 1. The number of benzene rings is 1. The highest BCUT2D eigenvalue weighted by Gasteiger charge is 2.23. The van der Waals surface area contributed by atoms with E-state index in [1.54, 1.807) is 0 Å². The van der Waals surface area contributed by atoms with E-state index < -0.39 is 0 Å². The Balaban J connectivity index is 1.98. The molecule has 0 atom stereocenters. The van der Waals surface area contributed by atoms with Crippen molar-refractivity contribution in [3.05, 3.63) is 28.2 Å². The van der Waals surface area contributed by atoms with Crippen molar-refractivity contribution < 1.29 is 0 Å². The summed E-state index contributed by atoms with van der Waals surface area (Å²) in [7, 11) is 0. The smallest absolute Gasteiger partial charge is 0.0458 e. The second-order valence-corrected chi connectivity index (χ2v) is 8.15. The van der Waals surface area contributed by atoms with Gasteiger partial charge in [-0.25, -0.2) is 0 Å². The van der Waals surface area contributed by atoms with Gasteiger partial charge in [0.15, 0.2) is 0 Å². The minimum absolute atomic E-state index is 0.427. The van der Waals surface area contributed by atoms with Gasteiger partial charge in [0, 0.05) is 33.7 Å². The van der Waals surface area contributed by atoms with Crippen LogP contribution < -0.4 is 5.73 Å². The van der Waals surface area contributed by atoms with E-state index in [0.717, 1.165) is 16.7 Å². The molecule has 0 aliphatic carbocycles. The van der Waals surface area contributed by atoms with Gasteiger partial charge in [-0.2, -0.15) is 11.8 Å². The molecule has 100 valence electrons. The molecule has 2 N–H and O–H groups in total. The van der Waals surface area contributed by atoms with Crippen LogP contribution in [0.5, 0.6) is 0 Å². The first-order valence-electron chi connectivity index (χ1n) is 6.36. The Morgan fingerprint density at radius 2 is 2.17 bits per heavy atom. The summed E-state index contributed by atoms with van der Waals surface area (Å²) in [5.41, 5.74) is 7.96. The lowest BCUT2D eigenvalue weighted by atomic mass is 10.1. The highest BCUT2D eigenvalue weighted by molar-refractivity contribution is 9.10. The van der Waals surface area contributed by atoms with Gasteiger partial charge in [-0.15, -0.1) is 0 Å². The zero-order valence-electron chi connectivity index (χ0n) is 11.1. The highest BCUT2D eigenvalue weighted by Crippen LogP contribution is 2.31. The number of nitrogens with zero attached hydrogens (tertiary/aromatic N) is 1. The van der Waals surface area contributed by atoms with Crippen LogP contribution in [0.2, 0.25) is 0 Å². The van der Waals surface area contributed by atoms with Crippen molar-refractivity contribution in [1.82, 2.24) is 4.90 Å². The second kappa shape index (κ2) is 5.85. The van der Waals surface area contributed by atoms with Gasteiger partial charge in [-0.1, -0.05) is 19.9 Å². The van der Waals surface area contributed by atoms with Gasteiger partial charge < -0.3 is 5.73 Å². The van der Waals surface area contributed by atoms with Crippen molar-refractivity contribution >= 4 is 33.4 Å². The molecule has 2 nitrogen and oxygen atoms in total. The van der Waals surface area contributed by atoms with E-state index in [1.165, 1.54) is 30.8 Å². The summed E-state index contributed by atoms with van der Waals surface area (Å²) in [6.45, 7) is 8.08. The number of nitrogen functional groups attached to an aromatic ring is 1. The summed E-state index contributed by atoms with van der Waals surface area (Å²) < 4.78 is 1.43. The van der Waals surface area contributed by atoms with E-state index >= 15 is 0 Å². The Morgan fingerprint density at radius 3 is 2.89 bits per heavy atom. The number of nitrogens with two attached hydrogens (primary N) is 1. The molecule has 0 radical (unpaired) electrons. The molecular formula is C14H21BrN2S. The van der Waals surface area contributed by atoms with Crippen molar-refractivity contribution in [3.63, 3.8) is 0 Å². The molecule has 0 saturated carbocycles. The first kappa shape index (κ1) is 14.2. The molecule has 0 amide bonds. The van der Waals surface area contributed by atoms with Crippen LogP contribution in [-0.2, 0) is 6.54 Å². The molecule has 1 fully saturated rings. The molecule has 1 aromatic carbocycles. The van der Waals surface area contributed by atoms with Gasteiger partial charge in [-0.05, 0) is 46.6 Å². The van der Waals surface area contributed by atoms with Crippen LogP contribution in [0.15, 0.2) is 22.7 Å². The minimum atomic E-state index is 0.427. The van der Waals surface area contributed by atoms with Crippen LogP contribution in [0, 0.1) is 0 Å². The third kappa shape index (κ3) is 3.90. The Kier molecular flexibility index (Phi) is 4.62. The molecule has 0 unspecified atom stereocenters. The Morgan fingerprint density at radius 1 is 1.39 bits per heavy atom. The summed E-state index contributed by atoms with van der Waals surface area (Å²) in [5, 5.41) is 0. The summed E-state index contributed by atoms with van der Waals surface area (Å²) >= 11 is 5.59. The van der Waals surface area contributed by atoms with Gasteiger partial charge in [0.05, 0.1) is 0 Å². The van der Waals surface area contributed by atoms with Gasteiger partial charge in [0.25, 0.3) is 0 Å². The average Bonchev–Trinajstić information content (AvgIpc) is 2.46. The lowest BCUT2D eigenvalue weighted by molar-refractivity contribution is 0.276. The van der Waals surface area contributed by atoms with Gasteiger partial charge in [0.2, 0.25) is 0 Å². The van der Waals surface area contributed by atoms with E-state index in [4.69, 9.17) is 5.73 Å². The average molecular weight is 329 g/mol. The fourth-order valence-electron chi connectivity index (χ4n) is 2.15. The molecule has 1 heterocycles. The first-order valence-corrected chi connectivity index (χ1v) is 8.14. The fraction of sp³-hybridized carbons (Fsp3) is 0.571. The van der Waals surface area contributed by atoms with E-state index in [9.17, 15) is 0 Å². The maximum Gasteiger partial charge on any atom is 0.0458 e. The number of rotatable bonds is 2. The normalized spacial score (nSPS) is 20.6. The van der Waals surface area contributed by atoms with Gasteiger partial charge >= 0.3 is 0 Å². The molecule has 0 bridgehead atoms. The van der Waals surface area contributed by atoms with E-state index in [-0.39, 0.29) is 0 Å². The molecular weight excluding hydrogens is 308 g/mol. The Hall–Kier alpha value is -0.190. The summed E-state index contributed by atoms with van der Waals surface area (Å²) in [4.78, 5) is 2.54. The van der Waals surface area contributed by atoms with Crippen molar-refractivity contribution in [2.24, 2.45) is 0 Å². The van der Waals surface area contributed by atoms with E-state index in [2.05, 4.69) is 58.6 Å². The summed E-state index contributed by atoms with van der Waals surface area (Å²) in [6, 6.07) is 6.25. The zero-order valence-corrected chi connectivity index (χ0v) is 13.5. The molecule has 1 saturated heterocycles. The van der Waals surface area contributed by atoms with Crippen molar-refractivity contribution in [3.8, 4) is 0 Å². The molecule has 1 aliphatic rings. The number of anilines is 1. The Labute approximate surface area is 122 Å². The van der Waals surface area contributed by atoms with Crippen LogP contribution in [-0.4, -0.2) is 28.5 Å². The van der Waals surface area contributed by atoms with Crippen molar-refractivity contribution in [2.75, 3.05) is 24.6 Å². The predicted octanol–water partition coefficient (Wildman–Crippen LogP) is 3.75. The molecule has 1 aromatic rings. The fourth-order valence-corrected chi connectivity index (χ4v) is 3.71. The topological polar surface area (TPSA) is 29.3 Å². The quantitative estimate of drug-likeness (QED) is 0.838. The number of hydrogen-bond donors (Lipinski definition) is 1. The second-order valence-electron chi connectivity index (χ2n) is 5.49. The highest BCUT2D eigenvalue weighted by atomic mass is 79.9. The third-order valence-electron chi connectivity index (χ3n) is 3.40. The van der Waals surface area contributed by atoms with Crippen LogP contribution in [0.25, 0.3) is 0 Å². The summed E-state index contributed by atoms with van der Waals surface area (Å²) in [5.74, 6) is 1.23.